The van der Waals surface area contributed by atoms with Crippen molar-refractivity contribution < 1.29 is 9.53 Å². The Bertz CT molecular complexity index is 745. The van der Waals surface area contributed by atoms with Crippen molar-refractivity contribution in [1.82, 2.24) is 15.2 Å². The van der Waals surface area contributed by atoms with Crippen LogP contribution in [0.5, 0.6) is 5.88 Å². The maximum atomic E-state index is 12.7. The molecule has 1 aliphatic rings. The number of hydrogen-bond acceptors (Lipinski definition) is 4. The zero-order chi connectivity index (χ0) is 17.2. The highest BCUT2D eigenvalue weighted by Gasteiger charge is 2.27. The number of amides is 2. The van der Waals surface area contributed by atoms with Crippen molar-refractivity contribution >= 4 is 22.5 Å². The molecule has 1 aromatic heterocycles. The highest BCUT2D eigenvalue weighted by atomic mass is 16.5. The predicted molar refractivity (Wildman–Crippen MR) is 95.6 cm³/mol. The van der Waals surface area contributed by atoms with Gasteiger partial charge >= 0.3 is 6.03 Å². The van der Waals surface area contributed by atoms with Crippen molar-refractivity contribution in [3.63, 3.8) is 0 Å². The molecule has 0 aliphatic carbocycles. The molecule has 24 heavy (non-hydrogen) atoms. The van der Waals surface area contributed by atoms with Crippen LogP contribution in [0.25, 0.3) is 10.8 Å². The van der Waals surface area contributed by atoms with E-state index in [2.05, 4.69) is 29.5 Å². The van der Waals surface area contributed by atoms with E-state index in [4.69, 9.17) is 4.74 Å². The van der Waals surface area contributed by atoms with Crippen molar-refractivity contribution in [2.45, 2.75) is 25.8 Å². The number of anilines is 1. The number of benzene rings is 1. The van der Waals surface area contributed by atoms with Crippen molar-refractivity contribution in [2.24, 2.45) is 0 Å². The van der Waals surface area contributed by atoms with Crippen LogP contribution in [-0.2, 0) is 0 Å². The quantitative estimate of drug-likeness (QED) is 0.889. The largest absolute Gasteiger partial charge is 0.481 e. The normalized spacial score (nSPS) is 17.4. The second-order valence-electron chi connectivity index (χ2n) is 6.74. The number of aromatic nitrogens is 1. The minimum Gasteiger partial charge on any atom is -0.481 e. The Labute approximate surface area is 142 Å². The van der Waals surface area contributed by atoms with Gasteiger partial charge in [-0.25, -0.2) is 9.78 Å². The number of pyridine rings is 1. The van der Waals surface area contributed by atoms with E-state index in [9.17, 15) is 4.79 Å². The summed E-state index contributed by atoms with van der Waals surface area (Å²) < 4.78 is 5.31. The lowest BCUT2D eigenvalue weighted by Crippen LogP contribution is -2.48. The number of carbonyl (C=O) groups is 1. The number of ether oxygens (including phenoxy) is 1. The molecule has 6 nitrogen and oxygen atoms in total. The molecular weight excluding hydrogens is 304 g/mol. The van der Waals surface area contributed by atoms with Crippen LogP contribution in [0.3, 0.4) is 0 Å². The molecule has 128 valence electrons. The van der Waals surface area contributed by atoms with Gasteiger partial charge in [-0.15, -0.1) is 0 Å². The molecule has 0 spiro atoms. The SMILES string of the molecule is COc1nccc2c(NC(=O)N3CCCNC(C)(C)C3)cccc12. The number of nitrogens with one attached hydrogen (secondary N) is 2. The lowest BCUT2D eigenvalue weighted by atomic mass is 10.1. The van der Waals surface area contributed by atoms with Gasteiger partial charge in [-0.1, -0.05) is 6.07 Å². The van der Waals surface area contributed by atoms with Gasteiger partial charge in [0.05, 0.1) is 12.8 Å². The number of rotatable bonds is 2. The third kappa shape index (κ3) is 3.43. The average molecular weight is 328 g/mol. The van der Waals surface area contributed by atoms with Crippen LogP contribution >= 0.6 is 0 Å². The van der Waals surface area contributed by atoms with Gasteiger partial charge in [0.2, 0.25) is 5.88 Å². The fourth-order valence-electron chi connectivity index (χ4n) is 3.13. The molecule has 0 bridgehead atoms. The number of hydrogen-bond donors (Lipinski definition) is 2. The number of fused-ring (bicyclic) bond motifs is 1. The standard InChI is InChI=1S/C18H24N4O2/c1-18(2)12-22(11-5-9-20-18)17(23)21-15-7-4-6-14-13(15)8-10-19-16(14)24-3/h4,6-8,10,20H,5,9,11-12H2,1-3H3,(H,21,23). The van der Waals surface area contributed by atoms with Gasteiger partial charge < -0.3 is 20.3 Å². The summed E-state index contributed by atoms with van der Waals surface area (Å²) in [6.07, 6.45) is 2.64. The van der Waals surface area contributed by atoms with Crippen LogP contribution in [0.15, 0.2) is 30.5 Å². The molecule has 0 saturated carbocycles. The summed E-state index contributed by atoms with van der Waals surface area (Å²) in [5.41, 5.74) is 0.688. The summed E-state index contributed by atoms with van der Waals surface area (Å²) >= 11 is 0. The van der Waals surface area contributed by atoms with E-state index < -0.39 is 0 Å². The van der Waals surface area contributed by atoms with E-state index in [1.165, 1.54) is 0 Å². The fraction of sp³-hybridized carbons (Fsp3) is 0.444. The Kier molecular flexibility index (Phi) is 4.57. The molecule has 2 amide bonds. The zero-order valence-corrected chi connectivity index (χ0v) is 14.4. The molecule has 0 atom stereocenters. The first-order chi connectivity index (χ1) is 11.5. The Morgan fingerprint density at radius 2 is 2.17 bits per heavy atom. The number of carbonyl (C=O) groups excluding carboxylic acids is 1. The van der Waals surface area contributed by atoms with E-state index in [0.717, 1.165) is 36.0 Å². The summed E-state index contributed by atoms with van der Waals surface area (Å²) in [5, 5.41) is 8.32. The summed E-state index contributed by atoms with van der Waals surface area (Å²) in [5.74, 6) is 0.559. The van der Waals surface area contributed by atoms with Gasteiger partial charge in [0, 0.05) is 35.6 Å². The van der Waals surface area contributed by atoms with Crippen LogP contribution in [0.4, 0.5) is 10.5 Å². The Morgan fingerprint density at radius 3 is 2.96 bits per heavy atom. The molecule has 2 N–H and O–H groups in total. The van der Waals surface area contributed by atoms with Crippen molar-refractivity contribution in [3.05, 3.63) is 30.5 Å². The van der Waals surface area contributed by atoms with Crippen LogP contribution in [0, 0.1) is 0 Å². The summed E-state index contributed by atoms with van der Waals surface area (Å²) in [4.78, 5) is 18.8. The zero-order valence-electron chi connectivity index (χ0n) is 14.4. The van der Waals surface area contributed by atoms with E-state index >= 15 is 0 Å². The number of nitrogens with zero attached hydrogens (tertiary/aromatic N) is 2. The Morgan fingerprint density at radius 1 is 1.33 bits per heavy atom. The maximum Gasteiger partial charge on any atom is 0.321 e. The van der Waals surface area contributed by atoms with E-state index in [0.29, 0.717) is 12.4 Å². The molecule has 2 heterocycles. The summed E-state index contributed by atoms with van der Waals surface area (Å²) in [6, 6.07) is 7.56. The first-order valence-corrected chi connectivity index (χ1v) is 8.23. The highest BCUT2D eigenvalue weighted by Crippen LogP contribution is 2.29. The molecule has 2 aromatic rings. The van der Waals surface area contributed by atoms with Gasteiger partial charge in [0.25, 0.3) is 0 Å². The van der Waals surface area contributed by atoms with E-state index in [1.54, 1.807) is 13.3 Å². The molecule has 1 aliphatic heterocycles. The second-order valence-corrected chi connectivity index (χ2v) is 6.74. The second kappa shape index (κ2) is 6.65. The van der Waals surface area contributed by atoms with Gasteiger partial charge in [0.1, 0.15) is 0 Å². The molecule has 3 rings (SSSR count). The van der Waals surface area contributed by atoms with Crippen molar-refractivity contribution in [3.8, 4) is 5.88 Å². The molecule has 0 unspecified atom stereocenters. The van der Waals surface area contributed by atoms with E-state index in [1.807, 2.05) is 29.2 Å². The Balaban J connectivity index is 1.85. The lowest BCUT2D eigenvalue weighted by Gasteiger charge is -2.30. The monoisotopic (exact) mass is 328 g/mol. The molecule has 1 saturated heterocycles. The Hall–Kier alpha value is -2.34. The predicted octanol–water partition coefficient (Wildman–Crippen LogP) is 2.85. The van der Waals surface area contributed by atoms with Gasteiger partial charge in [-0.3, -0.25) is 0 Å². The maximum absolute atomic E-state index is 12.7. The molecular formula is C18H24N4O2. The van der Waals surface area contributed by atoms with Crippen molar-refractivity contribution in [1.29, 1.82) is 0 Å². The first-order valence-electron chi connectivity index (χ1n) is 8.23. The number of methoxy groups -OCH3 is 1. The minimum absolute atomic E-state index is 0.0740. The highest BCUT2D eigenvalue weighted by molar-refractivity contribution is 6.03. The molecule has 6 heteroatoms. The summed E-state index contributed by atoms with van der Waals surface area (Å²) in [7, 11) is 1.60. The number of urea groups is 1. The van der Waals surface area contributed by atoms with Gasteiger partial charge in [-0.05, 0) is 45.0 Å². The average Bonchev–Trinajstić information content (AvgIpc) is 2.75. The molecule has 0 radical (unpaired) electrons. The van der Waals surface area contributed by atoms with Crippen LogP contribution < -0.4 is 15.4 Å². The third-order valence-electron chi connectivity index (χ3n) is 4.29. The van der Waals surface area contributed by atoms with Crippen LogP contribution in [0.2, 0.25) is 0 Å². The molecule has 1 fully saturated rings. The first kappa shape index (κ1) is 16.5. The molecule has 1 aromatic carbocycles. The van der Waals surface area contributed by atoms with Crippen LogP contribution in [0.1, 0.15) is 20.3 Å². The fourth-order valence-corrected chi connectivity index (χ4v) is 3.13. The topological polar surface area (TPSA) is 66.5 Å². The van der Waals surface area contributed by atoms with Gasteiger partial charge in [-0.2, -0.15) is 0 Å². The lowest BCUT2D eigenvalue weighted by molar-refractivity contribution is 0.201. The minimum atomic E-state index is -0.0836. The van der Waals surface area contributed by atoms with Crippen molar-refractivity contribution in [2.75, 3.05) is 32.1 Å². The summed E-state index contributed by atoms with van der Waals surface area (Å²) in [6.45, 7) is 6.58. The van der Waals surface area contributed by atoms with Crippen LogP contribution in [-0.4, -0.2) is 48.2 Å². The smallest absolute Gasteiger partial charge is 0.321 e. The third-order valence-corrected chi connectivity index (χ3v) is 4.29. The van der Waals surface area contributed by atoms with Gasteiger partial charge in [0.15, 0.2) is 0 Å². The van der Waals surface area contributed by atoms with E-state index in [-0.39, 0.29) is 11.6 Å².